The van der Waals surface area contributed by atoms with Crippen molar-refractivity contribution in [2.45, 2.75) is 0 Å². The zero-order valence-electron chi connectivity index (χ0n) is 4.34. The van der Waals surface area contributed by atoms with E-state index in [1.54, 1.807) is 0 Å². The molecule has 0 aromatic heterocycles. The number of nitrogens with zero attached hydrogens (tertiary/aromatic N) is 1. The quantitative estimate of drug-likeness (QED) is 0.219. The summed E-state index contributed by atoms with van der Waals surface area (Å²) < 4.78 is 28.9. The molecule has 0 aliphatic rings. The van der Waals surface area contributed by atoms with Gasteiger partial charge in [0.05, 0.1) is 0 Å². The Bertz CT molecular complexity index is 180. The summed E-state index contributed by atoms with van der Waals surface area (Å²) in [4.78, 5) is 9.06. The van der Waals surface area contributed by atoms with Gasteiger partial charge in [-0.1, -0.05) is 0 Å². The summed E-state index contributed by atoms with van der Waals surface area (Å²) in [6.45, 7) is 0. The zero-order valence-corrected chi connectivity index (χ0v) is 5.16. The fraction of sp³-hybridized carbons (Fsp3) is 0. The summed E-state index contributed by atoms with van der Waals surface area (Å²) in [7, 11) is -4.92. The van der Waals surface area contributed by atoms with Crippen LogP contribution < -0.4 is 0 Å². The summed E-state index contributed by atoms with van der Waals surface area (Å²) in [5, 5.41) is 7.43. The van der Waals surface area contributed by atoms with E-state index >= 15 is 0 Å². The third kappa shape index (κ3) is 25.3. The SMILES string of the molecule is O.O.O=[N+]([O-])OS(=O)(=O)O.[CaH2]. The van der Waals surface area contributed by atoms with E-state index in [4.69, 9.17) is 14.7 Å². The first-order valence-electron chi connectivity index (χ1n) is 1.23. The topological polar surface area (TPSA) is 170 Å². The van der Waals surface area contributed by atoms with Crippen LogP contribution in [0.5, 0.6) is 0 Å². The first-order chi connectivity index (χ1) is 3.42. The molecule has 0 spiro atoms. The molecule has 0 heterocycles. The Kier molecular flexibility index (Phi) is 17.2. The van der Waals surface area contributed by atoms with Crippen LogP contribution >= 0.6 is 0 Å². The summed E-state index contributed by atoms with van der Waals surface area (Å²) >= 11 is 0. The van der Waals surface area contributed by atoms with Gasteiger partial charge in [-0.15, -0.1) is 10.1 Å². The molecule has 0 unspecified atom stereocenters. The maximum absolute atomic E-state index is 9.33. The Morgan fingerprint density at radius 1 is 1.36 bits per heavy atom. The molecule has 0 saturated carbocycles. The van der Waals surface area contributed by atoms with Crippen LogP contribution in [0.15, 0.2) is 0 Å². The van der Waals surface area contributed by atoms with Crippen molar-refractivity contribution in [1.82, 2.24) is 0 Å². The van der Waals surface area contributed by atoms with Gasteiger partial charge in [0.15, 0.2) is 0 Å². The van der Waals surface area contributed by atoms with Crippen LogP contribution in [0.2, 0.25) is 0 Å². The Balaban J connectivity index is -0.0000000817. The minimum absolute atomic E-state index is 0. The standard InChI is InChI=1S/Ca.HNO6S.2H2O.2H/c;2-1(3)7-8(4,5)6;;;;/h;(H,4,5,6);2*1H2;;. The van der Waals surface area contributed by atoms with E-state index < -0.39 is 15.5 Å². The molecule has 9 nitrogen and oxygen atoms in total. The van der Waals surface area contributed by atoms with Gasteiger partial charge in [0.25, 0.3) is 0 Å². The molecule has 0 aromatic carbocycles. The Hall–Kier alpha value is 0.290. The van der Waals surface area contributed by atoms with E-state index in [0.717, 1.165) is 0 Å². The van der Waals surface area contributed by atoms with Crippen molar-refractivity contribution in [2.24, 2.45) is 0 Å². The Morgan fingerprint density at radius 2 is 1.64 bits per heavy atom. The Labute approximate surface area is 91.0 Å². The van der Waals surface area contributed by atoms with Gasteiger partial charge in [0, 0.05) is 0 Å². The van der Waals surface area contributed by atoms with E-state index in [9.17, 15) is 8.42 Å². The van der Waals surface area contributed by atoms with Gasteiger partial charge < -0.3 is 11.0 Å². The molecule has 0 saturated heterocycles. The normalized spacial score (nSPS) is 7.73. The monoisotopic (exact) mass is 221 g/mol. The van der Waals surface area contributed by atoms with Crippen LogP contribution in [-0.2, 0) is 14.7 Å². The van der Waals surface area contributed by atoms with Crippen LogP contribution in [0.25, 0.3) is 0 Å². The van der Waals surface area contributed by atoms with Gasteiger partial charge in [-0.25, -0.2) is 0 Å². The molecule has 0 radical (unpaired) electrons. The van der Waals surface area contributed by atoms with Crippen LogP contribution in [-0.4, -0.2) is 66.7 Å². The van der Waals surface area contributed by atoms with E-state index in [1.807, 2.05) is 0 Å². The molecular weight excluding hydrogens is 214 g/mol. The molecule has 11 heteroatoms. The molecule has 0 aliphatic carbocycles. The van der Waals surface area contributed by atoms with Gasteiger partial charge in [0.2, 0.25) is 0 Å². The third-order valence-corrected chi connectivity index (χ3v) is 0.465. The summed E-state index contributed by atoms with van der Waals surface area (Å²) in [6, 6.07) is 0. The summed E-state index contributed by atoms with van der Waals surface area (Å²) in [6.07, 6.45) is 0. The minimum atomic E-state index is -4.92. The molecule has 0 fully saturated rings. The molecule has 0 bridgehead atoms. The molecule has 0 rings (SSSR count). The number of hydrogen-bond donors (Lipinski definition) is 1. The average Bonchev–Trinajstić information content (AvgIpc) is 1.21. The molecule has 5 N–H and O–H groups in total. The van der Waals surface area contributed by atoms with Crippen LogP contribution in [0.1, 0.15) is 0 Å². The molecule has 11 heavy (non-hydrogen) atoms. The predicted octanol–water partition coefficient (Wildman–Crippen LogP) is -3.57. The number of hydrogen-bond acceptors (Lipinski definition) is 5. The van der Waals surface area contributed by atoms with Crippen molar-refractivity contribution in [3.8, 4) is 0 Å². The van der Waals surface area contributed by atoms with Gasteiger partial charge in [0.1, 0.15) is 0 Å². The van der Waals surface area contributed by atoms with Crippen LogP contribution in [0.4, 0.5) is 0 Å². The molecule has 0 atom stereocenters. The van der Waals surface area contributed by atoms with Crippen molar-refractivity contribution in [3.63, 3.8) is 0 Å². The molecule has 0 aromatic rings. The second-order valence-corrected chi connectivity index (χ2v) is 1.73. The van der Waals surface area contributed by atoms with Crippen molar-refractivity contribution >= 4 is 48.1 Å². The molecular formula is H7CaNO8S. The first kappa shape index (κ1) is 22.5. The van der Waals surface area contributed by atoms with E-state index in [0.29, 0.717) is 0 Å². The fourth-order valence-electron chi connectivity index (χ4n) is 0.0769. The van der Waals surface area contributed by atoms with Gasteiger partial charge in [-0.3, -0.25) is 4.55 Å². The second-order valence-electron chi connectivity index (χ2n) is 0.726. The first-order valence-corrected chi connectivity index (χ1v) is 2.60. The average molecular weight is 221 g/mol. The summed E-state index contributed by atoms with van der Waals surface area (Å²) in [5.41, 5.74) is 0. The fourth-order valence-corrected chi connectivity index (χ4v) is 0.231. The predicted molar refractivity (Wildman–Crippen MR) is 35.4 cm³/mol. The van der Waals surface area contributed by atoms with Crippen molar-refractivity contribution in [2.75, 3.05) is 0 Å². The zero-order chi connectivity index (χ0) is 6.78. The van der Waals surface area contributed by atoms with E-state index in [1.165, 1.54) is 0 Å². The summed E-state index contributed by atoms with van der Waals surface area (Å²) in [5.74, 6) is 0. The van der Waals surface area contributed by atoms with Crippen molar-refractivity contribution in [1.29, 1.82) is 0 Å². The molecule has 0 aliphatic heterocycles. The van der Waals surface area contributed by atoms with Crippen LogP contribution in [0.3, 0.4) is 0 Å². The Morgan fingerprint density at radius 3 is 1.64 bits per heavy atom. The molecule has 68 valence electrons. The third-order valence-electron chi connectivity index (χ3n) is 0.155. The van der Waals surface area contributed by atoms with Crippen LogP contribution in [0, 0.1) is 10.1 Å². The maximum atomic E-state index is 9.33. The molecule has 0 amide bonds. The van der Waals surface area contributed by atoms with E-state index in [-0.39, 0.29) is 48.7 Å². The number of rotatable bonds is 2. The van der Waals surface area contributed by atoms with E-state index in [2.05, 4.69) is 4.28 Å². The second kappa shape index (κ2) is 8.39. The van der Waals surface area contributed by atoms with Gasteiger partial charge in [-0.05, 0) is 0 Å². The van der Waals surface area contributed by atoms with Gasteiger partial charge >= 0.3 is 53.2 Å². The van der Waals surface area contributed by atoms with Gasteiger partial charge in [-0.2, -0.15) is 12.7 Å². The van der Waals surface area contributed by atoms with Crippen molar-refractivity contribution in [3.05, 3.63) is 10.1 Å². The van der Waals surface area contributed by atoms with Crippen molar-refractivity contribution < 1.29 is 33.3 Å².